The van der Waals surface area contributed by atoms with Gasteiger partial charge in [-0.2, -0.15) is 0 Å². The zero-order chi connectivity index (χ0) is 13.9. The molecule has 2 nitrogen and oxygen atoms in total. The predicted molar refractivity (Wildman–Crippen MR) is 86.3 cm³/mol. The molecule has 3 heteroatoms. The first-order valence-electron chi connectivity index (χ1n) is 6.66. The van der Waals surface area contributed by atoms with Gasteiger partial charge in [-0.1, -0.05) is 33.6 Å². The molecule has 0 aliphatic carbocycles. The largest absolute Gasteiger partial charge is 0.492 e. The first-order chi connectivity index (χ1) is 9.72. The van der Waals surface area contributed by atoms with E-state index in [4.69, 9.17) is 4.74 Å². The highest BCUT2D eigenvalue weighted by molar-refractivity contribution is 9.10. The van der Waals surface area contributed by atoms with Gasteiger partial charge in [0.15, 0.2) is 0 Å². The van der Waals surface area contributed by atoms with Crippen molar-refractivity contribution < 1.29 is 4.74 Å². The molecule has 3 aromatic rings. The molecule has 3 rings (SSSR count). The zero-order valence-corrected chi connectivity index (χ0v) is 12.9. The fourth-order valence-corrected chi connectivity index (χ4v) is 2.64. The van der Waals surface area contributed by atoms with Crippen LogP contribution in [-0.4, -0.2) is 11.2 Å². The minimum atomic E-state index is 0.670. The molecule has 20 heavy (non-hydrogen) atoms. The summed E-state index contributed by atoms with van der Waals surface area (Å²) in [7, 11) is 0. The van der Waals surface area contributed by atoms with E-state index in [0.29, 0.717) is 6.61 Å². The molecule has 0 saturated carbocycles. The van der Waals surface area contributed by atoms with Crippen LogP contribution in [0.2, 0.25) is 0 Å². The third-order valence-electron chi connectivity index (χ3n) is 3.35. The Hall–Kier alpha value is -1.74. The summed E-state index contributed by atoms with van der Waals surface area (Å²) < 4.78 is 9.10. The van der Waals surface area contributed by atoms with Crippen molar-refractivity contribution in [1.29, 1.82) is 0 Å². The molecule has 0 atom stereocenters. The van der Waals surface area contributed by atoms with E-state index in [1.54, 1.807) is 0 Å². The van der Waals surface area contributed by atoms with Crippen LogP contribution in [0.4, 0.5) is 0 Å². The van der Waals surface area contributed by atoms with Gasteiger partial charge in [0.2, 0.25) is 0 Å². The Kier molecular flexibility index (Phi) is 3.79. The second-order valence-electron chi connectivity index (χ2n) is 4.87. The number of benzene rings is 2. The predicted octanol–water partition coefficient (Wildman–Crippen LogP) is 4.79. The Morgan fingerprint density at radius 3 is 2.65 bits per heavy atom. The van der Waals surface area contributed by atoms with Crippen LogP contribution in [0.1, 0.15) is 5.56 Å². The van der Waals surface area contributed by atoms with Crippen LogP contribution in [0.5, 0.6) is 5.75 Å². The third-order valence-corrected chi connectivity index (χ3v) is 3.85. The number of ether oxygens (including phenoxy) is 1. The van der Waals surface area contributed by atoms with Crippen LogP contribution >= 0.6 is 15.9 Å². The first kappa shape index (κ1) is 13.3. The molecule has 0 N–H and O–H groups in total. The molecule has 0 amide bonds. The Morgan fingerprint density at radius 2 is 1.85 bits per heavy atom. The van der Waals surface area contributed by atoms with E-state index in [2.05, 4.69) is 70.0 Å². The van der Waals surface area contributed by atoms with Crippen LogP contribution in [-0.2, 0) is 6.54 Å². The second kappa shape index (κ2) is 5.71. The summed E-state index contributed by atoms with van der Waals surface area (Å²) >= 11 is 3.50. The maximum atomic E-state index is 5.78. The number of fused-ring (bicyclic) bond motifs is 1. The quantitative estimate of drug-likeness (QED) is 0.671. The smallest absolute Gasteiger partial charge is 0.119 e. The fraction of sp³-hybridized carbons (Fsp3) is 0.176. The number of nitrogens with zero attached hydrogens (tertiary/aromatic N) is 1. The molecule has 1 heterocycles. The average Bonchev–Trinajstić information content (AvgIpc) is 2.83. The Morgan fingerprint density at radius 1 is 1.05 bits per heavy atom. The van der Waals surface area contributed by atoms with Crippen LogP contribution in [0.25, 0.3) is 10.9 Å². The van der Waals surface area contributed by atoms with Crippen molar-refractivity contribution in [3.8, 4) is 5.75 Å². The lowest BCUT2D eigenvalue weighted by Gasteiger charge is -2.08. The summed E-state index contributed by atoms with van der Waals surface area (Å²) in [5, 5.41) is 1.25. The minimum Gasteiger partial charge on any atom is -0.492 e. The Labute approximate surface area is 127 Å². The highest BCUT2D eigenvalue weighted by atomic mass is 79.9. The van der Waals surface area contributed by atoms with E-state index >= 15 is 0 Å². The molecule has 0 spiro atoms. The number of aromatic nitrogens is 1. The van der Waals surface area contributed by atoms with Crippen molar-refractivity contribution in [1.82, 2.24) is 4.57 Å². The molecule has 0 aliphatic rings. The van der Waals surface area contributed by atoms with Crippen molar-refractivity contribution in [2.45, 2.75) is 13.5 Å². The fourth-order valence-electron chi connectivity index (χ4n) is 2.26. The molecule has 0 bridgehead atoms. The number of halogens is 1. The number of hydrogen-bond donors (Lipinski definition) is 0. The van der Waals surface area contributed by atoms with E-state index in [1.807, 2.05) is 12.1 Å². The number of aryl methyl sites for hydroxylation is 1. The van der Waals surface area contributed by atoms with E-state index in [-0.39, 0.29) is 0 Å². The lowest BCUT2D eigenvalue weighted by Crippen LogP contribution is -2.07. The van der Waals surface area contributed by atoms with Crippen LogP contribution in [0.3, 0.4) is 0 Å². The van der Waals surface area contributed by atoms with E-state index in [1.165, 1.54) is 16.5 Å². The molecular weight excluding hydrogens is 314 g/mol. The molecule has 102 valence electrons. The molecule has 2 aromatic carbocycles. The van der Waals surface area contributed by atoms with Gasteiger partial charge in [-0.15, -0.1) is 0 Å². The molecular formula is C17H16BrNO. The van der Waals surface area contributed by atoms with Gasteiger partial charge in [0.25, 0.3) is 0 Å². The summed E-state index contributed by atoms with van der Waals surface area (Å²) in [4.78, 5) is 0. The third kappa shape index (κ3) is 2.88. The molecule has 0 aliphatic heterocycles. The summed E-state index contributed by atoms with van der Waals surface area (Å²) in [5.41, 5.74) is 2.49. The molecule has 0 fully saturated rings. The average molecular weight is 330 g/mol. The first-order valence-corrected chi connectivity index (χ1v) is 7.45. The maximum Gasteiger partial charge on any atom is 0.119 e. The summed E-state index contributed by atoms with van der Waals surface area (Å²) in [5.74, 6) is 0.926. The maximum absolute atomic E-state index is 5.78. The van der Waals surface area contributed by atoms with E-state index < -0.39 is 0 Å². The van der Waals surface area contributed by atoms with Crippen molar-refractivity contribution in [3.63, 3.8) is 0 Å². The molecule has 0 saturated heterocycles. The number of hydrogen-bond acceptors (Lipinski definition) is 1. The lowest BCUT2D eigenvalue weighted by atomic mass is 10.2. The Balaban J connectivity index is 1.66. The van der Waals surface area contributed by atoms with Crippen LogP contribution < -0.4 is 4.74 Å². The monoisotopic (exact) mass is 329 g/mol. The normalized spacial score (nSPS) is 10.9. The van der Waals surface area contributed by atoms with Crippen molar-refractivity contribution >= 4 is 26.8 Å². The second-order valence-corrected chi connectivity index (χ2v) is 5.79. The summed E-state index contributed by atoms with van der Waals surface area (Å²) in [6.07, 6.45) is 2.11. The van der Waals surface area contributed by atoms with E-state index in [9.17, 15) is 0 Å². The van der Waals surface area contributed by atoms with Crippen molar-refractivity contribution in [2.24, 2.45) is 0 Å². The topological polar surface area (TPSA) is 14.2 Å². The lowest BCUT2D eigenvalue weighted by molar-refractivity contribution is 0.300. The SMILES string of the molecule is Cc1ccc(OCCn2ccc3cc(Br)ccc32)cc1. The minimum absolute atomic E-state index is 0.670. The summed E-state index contributed by atoms with van der Waals surface area (Å²) in [6.45, 7) is 3.59. The zero-order valence-electron chi connectivity index (χ0n) is 11.3. The van der Waals surface area contributed by atoms with Gasteiger partial charge < -0.3 is 9.30 Å². The standard InChI is InChI=1S/C17H16BrNO/c1-13-2-5-16(6-3-13)20-11-10-19-9-8-14-12-15(18)4-7-17(14)19/h2-9,12H,10-11H2,1H3. The number of rotatable bonds is 4. The van der Waals surface area contributed by atoms with Gasteiger partial charge in [0.05, 0.1) is 6.54 Å². The Bertz CT molecular complexity index is 715. The highest BCUT2D eigenvalue weighted by Gasteiger charge is 2.01. The summed E-state index contributed by atoms with van der Waals surface area (Å²) in [6, 6.07) is 16.6. The highest BCUT2D eigenvalue weighted by Crippen LogP contribution is 2.21. The van der Waals surface area contributed by atoms with Crippen LogP contribution in [0, 0.1) is 6.92 Å². The van der Waals surface area contributed by atoms with Gasteiger partial charge in [-0.3, -0.25) is 0 Å². The van der Waals surface area contributed by atoms with Crippen LogP contribution in [0.15, 0.2) is 59.2 Å². The van der Waals surface area contributed by atoms with Gasteiger partial charge in [-0.05, 0) is 43.3 Å². The van der Waals surface area contributed by atoms with Crippen molar-refractivity contribution in [2.75, 3.05) is 6.61 Å². The van der Waals surface area contributed by atoms with E-state index in [0.717, 1.165) is 16.8 Å². The van der Waals surface area contributed by atoms with Crippen molar-refractivity contribution in [3.05, 3.63) is 64.8 Å². The molecule has 0 radical (unpaired) electrons. The van der Waals surface area contributed by atoms with Gasteiger partial charge in [-0.25, -0.2) is 0 Å². The van der Waals surface area contributed by atoms with Gasteiger partial charge in [0.1, 0.15) is 12.4 Å². The van der Waals surface area contributed by atoms with Gasteiger partial charge >= 0.3 is 0 Å². The molecule has 1 aromatic heterocycles. The van der Waals surface area contributed by atoms with Gasteiger partial charge in [0, 0.05) is 21.6 Å². The molecule has 0 unspecified atom stereocenters.